The largest absolute Gasteiger partial charge is 0.378 e. The zero-order valence-corrected chi connectivity index (χ0v) is 11.4. The van der Waals surface area contributed by atoms with Gasteiger partial charge in [-0.05, 0) is 18.1 Å². The first-order valence-electron chi connectivity index (χ1n) is 6.61. The zero-order valence-electron chi connectivity index (χ0n) is 11.4. The Labute approximate surface area is 113 Å². The van der Waals surface area contributed by atoms with Crippen molar-refractivity contribution in [2.75, 3.05) is 37.7 Å². The number of nitrogens with one attached hydrogen (secondary N) is 1. The summed E-state index contributed by atoms with van der Waals surface area (Å²) in [4.78, 5) is 13.9. The number of carbonyl (C=O) groups is 1. The van der Waals surface area contributed by atoms with Crippen molar-refractivity contribution in [3.63, 3.8) is 0 Å². The van der Waals surface area contributed by atoms with Crippen LogP contribution in [0.2, 0.25) is 0 Å². The lowest BCUT2D eigenvalue weighted by Gasteiger charge is -2.27. The fraction of sp³-hybridized carbons (Fsp3) is 0.615. The lowest BCUT2D eigenvalue weighted by atomic mass is 10.2. The van der Waals surface area contributed by atoms with Gasteiger partial charge in [0.15, 0.2) is 11.5 Å². The van der Waals surface area contributed by atoms with Crippen molar-refractivity contribution in [1.29, 1.82) is 0 Å². The van der Waals surface area contributed by atoms with Crippen LogP contribution in [0.5, 0.6) is 0 Å². The predicted molar refractivity (Wildman–Crippen MR) is 72.2 cm³/mol. The van der Waals surface area contributed by atoms with E-state index in [1.807, 2.05) is 19.9 Å². The molecule has 1 aromatic rings. The summed E-state index contributed by atoms with van der Waals surface area (Å²) in [6.07, 6.45) is 0. The minimum absolute atomic E-state index is 0.172. The number of hydrogen-bond acceptors (Lipinski definition) is 5. The summed E-state index contributed by atoms with van der Waals surface area (Å²) in [5.41, 5.74) is 0.359. The van der Waals surface area contributed by atoms with E-state index in [4.69, 9.17) is 4.74 Å². The first-order valence-corrected chi connectivity index (χ1v) is 6.61. The second-order valence-electron chi connectivity index (χ2n) is 4.98. The normalized spacial score (nSPS) is 15.6. The quantitative estimate of drug-likeness (QED) is 0.867. The molecular weight excluding hydrogens is 244 g/mol. The Balaban J connectivity index is 1.95. The molecule has 1 aromatic heterocycles. The summed E-state index contributed by atoms with van der Waals surface area (Å²) in [6, 6.07) is 3.55. The lowest BCUT2D eigenvalue weighted by molar-refractivity contribution is 0.0942. The number of anilines is 1. The first-order chi connectivity index (χ1) is 9.16. The number of rotatable bonds is 4. The van der Waals surface area contributed by atoms with Gasteiger partial charge < -0.3 is 15.0 Å². The van der Waals surface area contributed by atoms with E-state index in [-0.39, 0.29) is 5.91 Å². The fourth-order valence-electron chi connectivity index (χ4n) is 1.79. The molecule has 1 saturated heterocycles. The molecule has 0 spiro atoms. The maximum Gasteiger partial charge on any atom is 0.271 e. The highest BCUT2D eigenvalue weighted by atomic mass is 16.5. The Morgan fingerprint density at radius 2 is 2.11 bits per heavy atom. The molecule has 6 heteroatoms. The van der Waals surface area contributed by atoms with Crippen LogP contribution in [0.25, 0.3) is 0 Å². The van der Waals surface area contributed by atoms with E-state index in [2.05, 4.69) is 20.4 Å². The number of amides is 1. The van der Waals surface area contributed by atoms with Gasteiger partial charge in [0, 0.05) is 19.6 Å². The Hall–Kier alpha value is -1.69. The number of morpholine rings is 1. The van der Waals surface area contributed by atoms with Gasteiger partial charge in [-0.3, -0.25) is 4.79 Å². The summed E-state index contributed by atoms with van der Waals surface area (Å²) in [5.74, 6) is 1.04. The van der Waals surface area contributed by atoms with Gasteiger partial charge in [0.1, 0.15) is 0 Å². The number of carbonyl (C=O) groups excluding carboxylic acids is 1. The highest BCUT2D eigenvalue weighted by Crippen LogP contribution is 2.11. The molecule has 1 amide bonds. The maximum atomic E-state index is 11.8. The van der Waals surface area contributed by atoms with E-state index < -0.39 is 0 Å². The third kappa shape index (κ3) is 3.89. The molecule has 0 saturated carbocycles. The fourth-order valence-corrected chi connectivity index (χ4v) is 1.79. The number of hydrogen-bond donors (Lipinski definition) is 1. The van der Waals surface area contributed by atoms with E-state index in [0.717, 1.165) is 18.9 Å². The van der Waals surface area contributed by atoms with Crippen LogP contribution in [0, 0.1) is 5.92 Å². The minimum Gasteiger partial charge on any atom is -0.378 e. The van der Waals surface area contributed by atoms with Gasteiger partial charge in [0.05, 0.1) is 13.2 Å². The van der Waals surface area contributed by atoms with Crippen LogP contribution in [0.15, 0.2) is 12.1 Å². The summed E-state index contributed by atoms with van der Waals surface area (Å²) < 4.78 is 5.28. The van der Waals surface area contributed by atoms with Crippen LogP contribution in [0.1, 0.15) is 24.3 Å². The van der Waals surface area contributed by atoms with Gasteiger partial charge in [-0.2, -0.15) is 0 Å². The topological polar surface area (TPSA) is 67.4 Å². The monoisotopic (exact) mass is 264 g/mol. The van der Waals surface area contributed by atoms with Gasteiger partial charge in [-0.25, -0.2) is 0 Å². The standard InChI is InChI=1S/C13H20N4O2/c1-10(2)9-14-13(18)11-3-4-12(16-15-11)17-5-7-19-8-6-17/h3-4,10H,5-9H2,1-2H3,(H,14,18). The van der Waals surface area contributed by atoms with E-state index in [9.17, 15) is 4.79 Å². The summed E-state index contributed by atoms with van der Waals surface area (Å²) in [7, 11) is 0. The van der Waals surface area contributed by atoms with Gasteiger partial charge in [-0.15, -0.1) is 10.2 Å². The third-order valence-corrected chi connectivity index (χ3v) is 2.89. The number of nitrogens with zero attached hydrogens (tertiary/aromatic N) is 3. The first kappa shape index (κ1) is 13.7. The number of ether oxygens (including phenoxy) is 1. The highest BCUT2D eigenvalue weighted by Gasteiger charge is 2.14. The Morgan fingerprint density at radius 1 is 1.37 bits per heavy atom. The van der Waals surface area contributed by atoms with Crippen LogP contribution >= 0.6 is 0 Å². The molecule has 0 radical (unpaired) electrons. The van der Waals surface area contributed by atoms with Crippen LogP contribution in [-0.4, -0.2) is 49.0 Å². The second kappa shape index (κ2) is 6.47. The predicted octanol–water partition coefficient (Wildman–Crippen LogP) is 0.699. The molecule has 0 aliphatic carbocycles. The van der Waals surface area contributed by atoms with Crippen LogP contribution < -0.4 is 10.2 Å². The molecule has 19 heavy (non-hydrogen) atoms. The average Bonchev–Trinajstić information content (AvgIpc) is 2.46. The Bertz CT molecular complexity index is 413. The van der Waals surface area contributed by atoms with E-state index in [1.165, 1.54) is 0 Å². The summed E-state index contributed by atoms with van der Waals surface area (Å²) in [6.45, 7) is 7.78. The van der Waals surface area contributed by atoms with Crippen molar-refractivity contribution in [1.82, 2.24) is 15.5 Å². The molecule has 0 bridgehead atoms. The van der Waals surface area contributed by atoms with Gasteiger partial charge in [-0.1, -0.05) is 13.8 Å². The summed E-state index contributed by atoms with van der Waals surface area (Å²) in [5, 5.41) is 10.9. The molecule has 2 heterocycles. The van der Waals surface area contributed by atoms with E-state index >= 15 is 0 Å². The minimum atomic E-state index is -0.172. The van der Waals surface area contributed by atoms with Crippen LogP contribution in [0.4, 0.5) is 5.82 Å². The molecule has 1 fully saturated rings. The number of aromatic nitrogens is 2. The van der Waals surface area contributed by atoms with Crippen LogP contribution in [-0.2, 0) is 4.74 Å². The van der Waals surface area contributed by atoms with Crippen molar-refractivity contribution < 1.29 is 9.53 Å². The van der Waals surface area contributed by atoms with Crippen LogP contribution in [0.3, 0.4) is 0 Å². The molecule has 104 valence electrons. The van der Waals surface area contributed by atoms with E-state index in [0.29, 0.717) is 31.4 Å². The molecule has 1 N–H and O–H groups in total. The third-order valence-electron chi connectivity index (χ3n) is 2.89. The molecule has 1 aliphatic rings. The average molecular weight is 264 g/mol. The van der Waals surface area contributed by atoms with Gasteiger partial charge in [0.2, 0.25) is 0 Å². The molecular formula is C13H20N4O2. The Morgan fingerprint density at radius 3 is 2.68 bits per heavy atom. The van der Waals surface area contributed by atoms with Crippen molar-refractivity contribution >= 4 is 11.7 Å². The van der Waals surface area contributed by atoms with Crippen molar-refractivity contribution in [3.8, 4) is 0 Å². The molecule has 0 aromatic carbocycles. The molecule has 1 aliphatic heterocycles. The van der Waals surface area contributed by atoms with Crippen molar-refractivity contribution in [3.05, 3.63) is 17.8 Å². The molecule has 0 atom stereocenters. The zero-order chi connectivity index (χ0) is 13.7. The van der Waals surface area contributed by atoms with E-state index in [1.54, 1.807) is 6.07 Å². The highest BCUT2D eigenvalue weighted by molar-refractivity contribution is 5.92. The smallest absolute Gasteiger partial charge is 0.271 e. The van der Waals surface area contributed by atoms with Crippen molar-refractivity contribution in [2.24, 2.45) is 5.92 Å². The van der Waals surface area contributed by atoms with Crippen molar-refractivity contribution in [2.45, 2.75) is 13.8 Å². The summed E-state index contributed by atoms with van der Waals surface area (Å²) >= 11 is 0. The van der Waals surface area contributed by atoms with Gasteiger partial charge in [0.25, 0.3) is 5.91 Å². The second-order valence-corrected chi connectivity index (χ2v) is 4.98. The SMILES string of the molecule is CC(C)CNC(=O)c1ccc(N2CCOCC2)nn1. The molecule has 2 rings (SSSR count). The molecule has 6 nitrogen and oxygen atoms in total. The Kier molecular flexibility index (Phi) is 4.68. The maximum absolute atomic E-state index is 11.8. The van der Waals surface area contributed by atoms with Gasteiger partial charge >= 0.3 is 0 Å². The molecule has 0 unspecified atom stereocenters. The lowest BCUT2D eigenvalue weighted by Crippen LogP contribution is -2.37.